The lowest BCUT2D eigenvalue weighted by Crippen LogP contribution is -2.27. The van der Waals surface area contributed by atoms with Gasteiger partial charge in [0.05, 0.1) is 15.6 Å². The van der Waals surface area contributed by atoms with Crippen LogP contribution in [0.2, 0.25) is 10.0 Å². The molecule has 0 aliphatic carbocycles. The van der Waals surface area contributed by atoms with E-state index in [-0.39, 0.29) is 5.91 Å². The van der Waals surface area contributed by atoms with Crippen molar-refractivity contribution in [2.24, 2.45) is 0 Å². The summed E-state index contributed by atoms with van der Waals surface area (Å²) in [6.07, 6.45) is 1.94. The number of rotatable bonds is 4. The molecule has 1 fully saturated rings. The Kier molecular flexibility index (Phi) is 6.62. The van der Waals surface area contributed by atoms with Crippen LogP contribution in [-0.4, -0.2) is 14.8 Å². The minimum atomic E-state index is -0.157. The molecule has 0 radical (unpaired) electrons. The van der Waals surface area contributed by atoms with Gasteiger partial charge in [-0.1, -0.05) is 83.6 Å². The molecular formula is C26H17BrCl2N2OS2. The van der Waals surface area contributed by atoms with Crippen LogP contribution in [-0.2, 0) is 11.3 Å². The molecule has 34 heavy (non-hydrogen) atoms. The fraction of sp³-hybridized carbons (Fsp3) is 0.0769. The molecule has 0 atom stereocenters. The lowest BCUT2D eigenvalue weighted by atomic mass is 10.1. The summed E-state index contributed by atoms with van der Waals surface area (Å²) >= 11 is 23.0. The van der Waals surface area contributed by atoms with Crippen molar-refractivity contribution in [1.82, 2.24) is 4.57 Å². The van der Waals surface area contributed by atoms with Crippen LogP contribution < -0.4 is 4.90 Å². The van der Waals surface area contributed by atoms with Gasteiger partial charge in [0.15, 0.2) is 4.32 Å². The number of carbonyl (C=O) groups excluding carboxylic acids is 1. The molecule has 3 nitrogen and oxygen atoms in total. The third kappa shape index (κ3) is 4.23. The Morgan fingerprint density at radius 1 is 1.03 bits per heavy atom. The summed E-state index contributed by atoms with van der Waals surface area (Å²) < 4.78 is 3.48. The molecule has 3 aromatic carbocycles. The van der Waals surface area contributed by atoms with Crippen molar-refractivity contribution >= 4 is 96.0 Å². The van der Waals surface area contributed by atoms with E-state index >= 15 is 0 Å². The Labute approximate surface area is 225 Å². The van der Waals surface area contributed by atoms with Gasteiger partial charge in [-0.2, -0.15) is 0 Å². The number of hydrogen-bond donors (Lipinski definition) is 0. The Hall–Kier alpha value is -2.09. The number of para-hydroxylation sites is 1. The highest BCUT2D eigenvalue weighted by atomic mass is 79.9. The molecule has 5 rings (SSSR count). The molecule has 1 aliphatic heterocycles. The summed E-state index contributed by atoms with van der Waals surface area (Å²) in [5, 5.41) is 2.33. The molecule has 1 aromatic heterocycles. The number of carbonyl (C=O) groups is 1. The normalized spacial score (nSPS) is 15.2. The predicted molar refractivity (Wildman–Crippen MR) is 152 cm³/mol. The minimum absolute atomic E-state index is 0.157. The first-order chi connectivity index (χ1) is 16.3. The maximum Gasteiger partial charge on any atom is 0.270 e. The zero-order chi connectivity index (χ0) is 24.0. The quantitative estimate of drug-likeness (QED) is 0.177. The van der Waals surface area contributed by atoms with Crippen molar-refractivity contribution in [3.05, 3.63) is 103 Å². The standard InChI is InChI=1S/C26H17BrCl2N2OS2/c1-15-19(13-24-25(32)31(26(33)34-24)17-10-11-20(27)22(29)12-17)18-7-3-5-9-23(18)30(15)14-16-6-2-4-8-21(16)28/h2-13H,14H2,1H3/b24-13-. The van der Waals surface area contributed by atoms with E-state index in [0.717, 1.165) is 37.2 Å². The first kappa shape index (κ1) is 23.6. The third-order valence-electron chi connectivity index (χ3n) is 5.80. The monoisotopic (exact) mass is 586 g/mol. The largest absolute Gasteiger partial charge is 0.340 e. The molecule has 0 spiro atoms. The summed E-state index contributed by atoms with van der Waals surface area (Å²) in [6, 6.07) is 21.4. The second-order valence-electron chi connectivity index (χ2n) is 7.81. The molecule has 170 valence electrons. The molecule has 0 unspecified atom stereocenters. The molecule has 0 saturated carbocycles. The molecule has 1 amide bonds. The second-order valence-corrected chi connectivity index (χ2v) is 11.2. The summed E-state index contributed by atoms with van der Waals surface area (Å²) in [6.45, 7) is 2.70. The minimum Gasteiger partial charge on any atom is -0.340 e. The molecule has 2 heterocycles. The average molecular weight is 588 g/mol. The van der Waals surface area contributed by atoms with Crippen molar-refractivity contribution < 1.29 is 4.79 Å². The molecule has 4 aromatic rings. The summed E-state index contributed by atoms with van der Waals surface area (Å²) in [4.78, 5) is 15.5. The zero-order valence-corrected chi connectivity index (χ0v) is 22.6. The number of thiocarbonyl (C=S) groups is 1. The highest BCUT2D eigenvalue weighted by Gasteiger charge is 2.34. The fourth-order valence-electron chi connectivity index (χ4n) is 4.09. The average Bonchev–Trinajstić information content (AvgIpc) is 3.25. The number of nitrogens with zero attached hydrogens (tertiary/aromatic N) is 2. The number of fused-ring (bicyclic) bond motifs is 1. The van der Waals surface area contributed by atoms with Crippen LogP contribution in [0.3, 0.4) is 0 Å². The number of anilines is 1. The number of hydrogen-bond acceptors (Lipinski definition) is 3. The summed E-state index contributed by atoms with van der Waals surface area (Å²) in [5.74, 6) is -0.157. The van der Waals surface area contributed by atoms with Crippen LogP contribution in [0.5, 0.6) is 0 Å². The third-order valence-corrected chi connectivity index (χ3v) is 8.70. The Morgan fingerprint density at radius 2 is 1.76 bits per heavy atom. The van der Waals surface area contributed by atoms with E-state index in [0.29, 0.717) is 26.5 Å². The highest BCUT2D eigenvalue weighted by molar-refractivity contribution is 9.10. The number of benzene rings is 3. The van der Waals surface area contributed by atoms with Crippen LogP contribution in [0.4, 0.5) is 5.69 Å². The maximum absolute atomic E-state index is 13.4. The van der Waals surface area contributed by atoms with E-state index in [9.17, 15) is 4.79 Å². The van der Waals surface area contributed by atoms with E-state index < -0.39 is 0 Å². The highest BCUT2D eigenvalue weighted by Crippen LogP contribution is 2.39. The Balaban J connectivity index is 1.57. The summed E-state index contributed by atoms with van der Waals surface area (Å²) in [5.41, 5.74) is 4.83. The lowest BCUT2D eigenvalue weighted by Gasteiger charge is -2.15. The van der Waals surface area contributed by atoms with Gasteiger partial charge in [0, 0.05) is 38.2 Å². The van der Waals surface area contributed by atoms with Gasteiger partial charge in [-0.3, -0.25) is 9.69 Å². The molecular weight excluding hydrogens is 571 g/mol. The van der Waals surface area contributed by atoms with E-state index in [4.69, 9.17) is 35.4 Å². The van der Waals surface area contributed by atoms with E-state index in [1.807, 2.05) is 54.6 Å². The Bertz CT molecular complexity index is 1510. The molecule has 0 N–H and O–H groups in total. The van der Waals surface area contributed by atoms with Gasteiger partial charge in [-0.25, -0.2) is 0 Å². The van der Waals surface area contributed by atoms with Crippen LogP contribution in [0, 0.1) is 6.92 Å². The smallest absolute Gasteiger partial charge is 0.270 e. The number of halogens is 3. The van der Waals surface area contributed by atoms with Crippen molar-refractivity contribution in [1.29, 1.82) is 0 Å². The van der Waals surface area contributed by atoms with Crippen molar-refractivity contribution in [3.63, 3.8) is 0 Å². The van der Waals surface area contributed by atoms with Gasteiger partial charge in [0.1, 0.15) is 0 Å². The van der Waals surface area contributed by atoms with Gasteiger partial charge in [-0.05, 0) is 64.8 Å². The number of amides is 1. The molecule has 1 saturated heterocycles. The van der Waals surface area contributed by atoms with Crippen molar-refractivity contribution in [2.45, 2.75) is 13.5 Å². The summed E-state index contributed by atoms with van der Waals surface area (Å²) in [7, 11) is 0. The van der Waals surface area contributed by atoms with Gasteiger partial charge in [0.25, 0.3) is 5.91 Å². The molecule has 8 heteroatoms. The molecule has 1 aliphatic rings. The SMILES string of the molecule is Cc1c(/C=C2\SC(=S)N(c3ccc(Br)c(Cl)c3)C2=O)c2ccccc2n1Cc1ccccc1Cl. The maximum atomic E-state index is 13.4. The van der Waals surface area contributed by atoms with Crippen LogP contribution >= 0.6 is 63.1 Å². The van der Waals surface area contributed by atoms with Crippen molar-refractivity contribution in [3.8, 4) is 0 Å². The first-order valence-electron chi connectivity index (χ1n) is 10.4. The fourth-order valence-corrected chi connectivity index (χ4v) is 5.98. The van der Waals surface area contributed by atoms with Crippen LogP contribution in [0.1, 0.15) is 16.8 Å². The second kappa shape index (κ2) is 9.51. The van der Waals surface area contributed by atoms with Crippen LogP contribution in [0.25, 0.3) is 17.0 Å². The van der Waals surface area contributed by atoms with Gasteiger partial charge >= 0.3 is 0 Å². The predicted octanol–water partition coefficient (Wildman–Crippen LogP) is 8.47. The van der Waals surface area contributed by atoms with Gasteiger partial charge in [0.2, 0.25) is 0 Å². The number of aromatic nitrogens is 1. The lowest BCUT2D eigenvalue weighted by molar-refractivity contribution is -0.113. The van der Waals surface area contributed by atoms with Gasteiger partial charge < -0.3 is 4.57 Å². The molecule has 0 bridgehead atoms. The van der Waals surface area contributed by atoms with Crippen molar-refractivity contribution in [2.75, 3.05) is 4.90 Å². The zero-order valence-electron chi connectivity index (χ0n) is 17.9. The Morgan fingerprint density at radius 3 is 2.53 bits per heavy atom. The topological polar surface area (TPSA) is 25.2 Å². The first-order valence-corrected chi connectivity index (χ1v) is 13.2. The van der Waals surface area contributed by atoms with Crippen LogP contribution in [0.15, 0.2) is 76.1 Å². The van der Waals surface area contributed by atoms with E-state index in [2.05, 4.69) is 39.6 Å². The van der Waals surface area contributed by atoms with E-state index in [1.165, 1.54) is 16.7 Å². The van der Waals surface area contributed by atoms with Gasteiger partial charge in [-0.15, -0.1) is 0 Å². The number of thioether (sulfide) groups is 1. The van der Waals surface area contributed by atoms with E-state index in [1.54, 1.807) is 6.07 Å².